The molecule has 1 aromatic rings. The number of esters is 3. The zero-order valence-electron chi connectivity index (χ0n) is 18.6. The van der Waals surface area contributed by atoms with E-state index in [1.54, 1.807) is 23.3 Å². The van der Waals surface area contributed by atoms with Gasteiger partial charge in [-0.2, -0.15) is 0 Å². The predicted octanol–water partition coefficient (Wildman–Crippen LogP) is 2.96. The summed E-state index contributed by atoms with van der Waals surface area (Å²) in [6.45, 7) is 3.74. The number of allylic oxidation sites excluding steroid dienone is 2. The van der Waals surface area contributed by atoms with Crippen LogP contribution < -0.4 is 9.80 Å². The number of methoxy groups -OCH3 is 2. The van der Waals surface area contributed by atoms with Gasteiger partial charge < -0.3 is 24.0 Å². The third-order valence-electron chi connectivity index (χ3n) is 5.50. The first-order valence-electron chi connectivity index (χ1n) is 10.6. The summed E-state index contributed by atoms with van der Waals surface area (Å²) in [4.78, 5) is 40.6. The van der Waals surface area contributed by atoms with Crippen molar-refractivity contribution >= 4 is 29.3 Å². The Morgan fingerprint density at radius 1 is 0.938 bits per heavy atom. The lowest BCUT2D eigenvalue weighted by Crippen LogP contribution is -2.37. The lowest BCUT2D eigenvalue weighted by Gasteiger charge is -2.33. The highest BCUT2D eigenvalue weighted by Gasteiger charge is 2.28. The minimum Gasteiger partial charge on any atom is -0.466 e. The van der Waals surface area contributed by atoms with Gasteiger partial charge in [-0.3, -0.25) is 4.79 Å². The number of rotatable bonds is 6. The molecule has 0 aromatic heterocycles. The summed E-state index contributed by atoms with van der Waals surface area (Å²) in [5, 5.41) is 0. The maximum atomic E-state index is 12.5. The molecule has 0 saturated carbocycles. The van der Waals surface area contributed by atoms with Gasteiger partial charge in [0.1, 0.15) is 5.70 Å². The zero-order valence-corrected chi connectivity index (χ0v) is 18.6. The van der Waals surface area contributed by atoms with Crippen molar-refractivity contribution in [3.05, 3.63) is 60.0 Å². The van der Waals surface area contributed by atoms with Crippen LogP contribution in [0.4, 0.5) is 11.4 Å². The Kier molecular flexibility index (Phi) is 7.70. The van der Waals surface area contributed by atoms with Gasteiger partial charge in [0.25, 0.3) is 0 Å². The van der Waals surface area contributed by atoms with E-state index in [1.807, 2.05) is 31.2 Å². The minimum atomic E-state index is -0.647. The molecular weight excluding hydrogens is 412 g/mol. The number of carbonyl (C=O) groups is 3. The fourth-order valence-corrected chi connectivity index (χ4v) is 3.82. The average Bonchev–Trinajstić information content (AvgIpc) is 3.06. The molecule has 8 heteroatoms. The molecule has 8 nitrogen and oxygen atoms in total. The van der Waals surface area contributed by atoms with Crippen LogP contribution in [0.1, 0.15) is 19.8 Å². The van der Waals surface area contributed by atoms with E-state index in [0.29, 0.717) is 12.3 Å². The van der Waals surface area contributed by atoms with Crippen molar-refractivity contribution in [2.75, 3.05) is 43.7 Å². The standard InChI is InChI=1S/C24H28N2O6/c1-4-32-22(27)17-12-15-25(16-13-17)18-8-10-19(11-9-18)26-14-6-5-7-20(23(28)30-2)21(26)24(29)31-3/h5-11,14,17H,4,12-13,15-16H2,1-3H3. The van der Waals surface area contributed by atoms with Gasteiger partial charge in [-0.1, -0.05) is 6.08 Å². The molecule has 32 heavy (non-hydrogen) atoms. The van der Waals surface area contributed by atoms with E-state index in [-0.39, 0.29) is 23.2 Å². The van der Waals surface area contributed by atoms with Crippen LogP contribution in [0.2, 0.25) is 0 Å². The Bertz CT molecular complexity index is 940. The fourth-order valence-electron chi connectivity index (χ4n) is 3.82. The molecule has 2 aliphatic heterocycles. The van der Waals surface area contributed by atoms with Crippen molar-refractivity contribution in [1.82, 2.24) is 0 Å². The third-order valence-corrected chi connectivity index (χ3v) is 5.50. The SMILES string of the molecule is CCOC(=O)C1CCN(c2ccc(N3C=CC=CC(C(=O)OC)=C3C(=O)OC)cc2)CC1. The predicted molar refractivity (Wildman–Crippen MR) is 120 cm³/mol. The first-order valence-corrected chi connectivity index (χ1v) is 10.6. The van der Waals surface area contributed by atoms with Crippen molar-refractivity contribution in [2.45, 2.75) is 19.8 Å². The second-order valence-corrected chi connectivity index (χ2v) is 7.35. The lowest BCUT2D eigenvalue weighted by molar-refractivity contribution is -0.148. The summed E-state index contributed by atoms with van der Waals surface area (Å²) in [5.41, 5.74) is 1.89. The molecule has 1 fully saturated rings. The van der Waals surface area contributed by atoms with Crippen molar-refractivity contribution in [3.8, 4) is 0 Å². The van der Waals surface area contributed by atoms with Gasteiger partial charge in [-0.05, 0) is 56.2 Å². The quantitative estimate of drug-likeness (QED) is 0.493. The first-order chi connectivity index (χ1) is 15.5. The number of benzene rings is 1. The molecule has 0 spiro atoms. The second-order valence-electron chi connectivity index (χ2n) is 7.35. The van der Waals surface area contributed by atoms with Crippen molar-refractivity contribution < 1.29 is 28.6 Å². The van der Waals surface area contributed by atoms with Gasteiger partial charge in [-0.15, -0.1) is 0 Å². The number of nitrogens with zero attached hydrogens (tertiary/aromatic N) is 2. The summed E-state index contributed by atoms with van der Waals surface area (Å²) in [7, 11) is 2.53. The number of ether oxygens (including phenoxy) is 3. The second kappa shape index (κ2) is 10.7. The molecule has 0 aliphatic carbocycles. The van der Waals surface area contributed by atoms with Gasteiger partial charge in [0.2, 0.25) is 0 Å². The van der Waals surface area contributed by atoms with E-state index in [9.17, 15) is 14.4 Å². The Labute approximate surface area is 187 Å². The van der Waals surface area contributed by atoms with Gasteiger partial charge in [0, 0.05) is 30.7 Å². The monoisotopic (exact) mass is 440 g/mol. The van der Waals surface area contributed by atoms with Crippen LogP contribution in [0.5, 0.6) is 0 Å². The van der Waals surface area contributed by atoms with Crippen molar-refractivity contribution in [2.24, 2.45) is 5.92 Å². The molecule has 1 aromatic carbocycles. The van der Waals surface area contributed by atoms with E-state index in [1.165, 1.54) is 20.3 Å². The highest BCUT2D eigenvalue weighted by atomic mass is 16.5. The largest absolute Gasteiger partial charge is 0.466 e. The summed E-state index contributed by atoms with van der Waals surface area (Å²) in [6, 6.07) is 7.67. The maximum absolute atomic E-state index is 12.5. The van der Waals surface area contributed by atoms with E-state index in [2.05, 4.69) is 4.90 Å². The molecule has 0 atom stereocenters. The van der Waals surface area contributed by atoms with Crippen LogP contribution in [0.3, 0.4) is 0 Å². The Hall–Kier alpha value is -3.55. The highest BCUT2D eigenvalue weighted by Crippen LogP contribution is 2.30. The van der Waals surface area contributed by atoms with Crippen molar-refractivity contribution in [1.29, 1.82) is 0 Å². The van der Waals surface area contributed by atoms with Crippen LogP contribution in [0.15, 0.2) is 60.0 Å². The molecular formula is C24H28N2O6. The van der Waals surface area contributed by atoms with E-state index in [4.69, 9.17) is 14.2 Å². The first kappa shape index (κ1) is 23.1. The number of anilines is 2. The molecule has 170 valence electrons. The van der Waals surface area contributed by atoms with Crippen LogP contribution in [-0.4, -0.2) is 51.8 Å². The molecule has 2 aliphatic rings. The van der Waals surface area contributed by atoms with Gasteiger partial charge in [0.15, 0.2) is 0 Å². The molecule has 0 bridgehead atoms. The summed E-state index contributed by atoms with van der Waals surface area (Å²) in [5.74, 6) is -1.44. The molecule has 2 heterocycles. The number of hydrogen-bond acceptors (Lipinski definition) is 8. The molecule has 0 radical (unpaired) electrons. The number of carbonyl (C=O) groups excluding carboxylic acids is 3. The summed E-state index contributed by atoms with van der Waals surface area (Å²) < 4.78 is 14.9. The Morgan fingerprint density at radius 3 is 2.16 bits per heavy atom. The van der Waals surface area contributed by atoms with Crippen LogP contribution >= 0.6 is 0 Å². The van der Waals surface area contributed by atoms with E-state index < -0.39 is 11.9 Å². The Morgan fingerprint density at radius 2 is 1.56 bits per heavy atom. The lowest BCUT2D eigenvalue weighted by atomic mass is 9.96. The van der Waals surface area contributed by atoms with Crippen LogP contribution in [-0.2, 0) is 28.6 Å². The third kappa shape index (κ3) is 5.01. The molecule has 1 saturated heterocycles. The molecule has 0 amide bonds. The molecule has 0 unspecified atom stereocenters. The average molecular weight is 440 g/mol. The zero-order chi connectivity index (χ0) is 23.1. The Balaban J connectivity index is 1.81. The normalized spacial score (nSPS) is 16.6. The molecule has 3 rings (SSSR count). The summed E-state index contributed by atoms with van der Waals surface area (Å²) in [6.07, 6.45) is 8.11. The summed E-state index contributed by atoms with van der Waals surface area (Å²) >= 11 is 0. The molecule has 0 N–H and O–H groups in total. The van der Waals surface area contributed by atoms with Gasteiger partial charge >= 0.3 is 17.9 Å². The van der Waals surface area contributed by atoms with Gasteiger partial charge in [0.05, 0.1) is 32.3 Å². The maximum Gasteiger partial charge on any atom is 0.355 e. The minimum absolute atomic E-state index is 0.0512. The van der Waals surface area contributed by atoms with Gasteiger partial charge in [-0.25, -0.2) is 9.59 Å². The number of piperidine rings is 1. The fraction of sp³-hybridized carbons (Fsp3) is 0.375. The van der Waals surface area contributed by atoms with E-state index >= 15 is 0 Å². The van der Waals surface area contributed by atoms with Crippen LogP contribution in [0.25, 0.3) is 0 Å². The van der Waals surface area contributed by atoms with Crippen LogP contribution in [0, 0.1) is 5.92 Å². The van der Waals surface area contributed by atoms with Crippen molar-refractivity contribution in [3.63, 3.8) is 0 Å². The topological polar surface area (TPSA) is 85.4 Å². The number of hydrogen-bond donors (Lipinski definition) is 0. The van der Waals surface area contributed by atoms with E-state index in [0.717, 1.165) is 31.6 Å². The smallest absolute Gasteiger partial charge is 0.355 e. The highest BCUT2D eigenvalue weighted by molar-refractivity contribution is 6.05.